The van der Waals surface area contributed by atoms with Gasteiger partial charge in [0, 0.05) is 23.2 Å². The zero-order chi connectivity index (χ0) is 24.1. The van der Waals surface area contributed by atoms with Gasteiger partial charge >= 0.3 is 0 Å². The minimum absolute atomic E-state index is 0.0391. The monoisotopic (exact) mass is 495 g/mol. The molecule has 1 saturated carbocycles. The molecule has 9 heteroatoms. The van der Waals surface area contributed by atoms with Crippen LogP contribution in [0.25, 0.3) is 0 Å². The van der Waals surface area contributed by atoms with Crippen molar-refractivity contribution in [2.45, 2.75) is 81.7 Å². The van der Waals surface area contributed by atoms with E-state index in [1.54, 1.807) is 25.6 Å². The highest BCUT2D eigenvalue weighted by Crippen LogP contribution is 2.33. The van der Waals surface area contributed by atoms with Crippen molar-refractivity contribution in [2.75, 3.05) is 30.0 Å². The topological polar surface area (TPSA) is 86.8 Å². The van der Waals surface area contributed by atoms with Crippen molar-refractivity contribution >= 4 is 39.3 Å². The second kappa shape index (κ2) is 11.2. The van der Waals surface area contributed by atoms with Gasteiger partial charge in [-0.15, -0.1) is 11.8 Å². The van der Waals surface area contributed by atoms with Gasteiger partial charge < -0.3 is 5.32 Å². The van der Waals surface area contributed by atoms with E-state index >= 15 is 0 Å². The van der Waals surface area contributed by atoms with Crippen LogP contribution in [0.4, 0.5) is 5.69 Å². The van der Waals surface area contributed by atoms with Crippen LogP contribution >= 0.6 is 11.8 Å². The van der Waals surface area contributed by atoms with Crippen LogP contribution in [0.15, 0.2) is 29.2 Å². The molecule has 1 heterocycles. The summed E-state index contributed by atoms with van der Waals surface area (Å²) in [5.41, 5.74) is -0.718. The first-order valence-corrected chi connectivity index (χ1v) is 14.8. The molecule has 0 bridgehead atoms. The largest absolute Gasteiger partial charge is 0.351 e. The van der Waals surface area contributed by atoms with E-state index in [9.17, 15) is 18.0 Å². The van der Waals surface area contributed by atoms with Gasteiger partial charge in [-0.05, 0) is 50.6 Å². The fourth-order valence-corrected chi connectivity index (χ4v) is 6.83. The van der Waals surface area contributed by atoms with Crippen LogP contribution in [-0.2, 0) is 19.6 Å². The SMILES string of the molecule is CCCS(=O)(=O)N1CC(=O)N(c2cccc(SC)c2)[C@](C)(C(=O)NC2CCCCCCC2)C1. The lowest BCUT2D eigenvalue weighted by molar-refractivity contribution is -0.133. The first kappa shape index (κ1) is 26.0. The number of hydrogen-bond acceptors (Lipinski definition) is 5. The third kappa shape index (κ3) is 6.11. The number of benzene rings is 1. The molecule has 2 amide bonds. The maximum Gasteiger partial charge on any atom is 0.247 e. The van der Waals surface area contributed by atoms with E-state index in [4.69, 9.17) is 0 Å². The number of thioether (sulfide) groups is 1. The maximum atomic E-state index is 13.8. The smallest absolute Gasteiger partial charge is 0.247 e. The summed E-state index contributed by atoms with van der Waals surface area (Å²) in [5, 5.41) is 3.19. The molecule has 0 radical (unpaired) electrons. The van der Waals surface area contributed by atoms with E-state index in [0.717, 1.165) is 30.6 Å². The molecule has 1 atom stereocenters. The third-order valence-corrected chi connectivity index (χ3v) is 9.33. The lowest BCUT2D eigenvalue weighted by Gasteiger charge is -2.47. The molecule has 2 fully saturated rings. The lowest BCUT2D eigenvalue weighted by atomic mass is 9.92. The van der Waals surface area contributed by atoms with E-state index in [-0.39, 0.29) is 36.7 Å². The van der Waals surface area contributed by atoms with Crippen molar-refractivity contribution < 1.29 is 18.0 Å². The second-order valence-electron chi connectivity index (χ2n) is 9.30. The molecular formula is C24H37N3O4S2. The van der Waals surface area contributed by atoms with Gasteiger partial charge in [-0.1, -0.05) is 45.1 Å². The van der Waals surface area contributed by atoms with E-state index in [2.05, 4.69) is 5.32 Å². The van der Waals surface area contributed by atoms with Gasteiger partial charge in [0.05, 0.1) is 12.3 Å². The Morgan fingerprint density at radius 1 is 1.18 bits per heavy atom. The van der Waals surface area contributed by atoms with Gasteiger partial charge in [0.2, 0.25) is 21.8 Å². The van der Waals surface area contributed by atoms with Gasteiger partial charge in [0.1, 0.15) is 5.54 Å². The molecule has 33 heavy (non-hydrogen) atoms. The molecule has 1 aromatic carbocycles. The molecule has 1 aromatic rings. The summed E-state index contributed by atoms with van der Waals surface area (Å²) in [4.78, 5) is 29.7. The molecule has 1 aliphatic carbocycles. The predicted octanol–water partition coefficient (Wildman–Crippen LogP) is 3.78. The molecule has 0 unspecified atom stereocenters. The standard InChI is InChI=1S/C24H37N3O4S2/c1-4-15-33(30,31)26-17-22(28)27(20-13-10-14-21(16-20)32-3)24(2,18-26)23(29)25-19-11-8-6-5-7-9-12-19/h10,13-14,16,19H,4-9,11-12,15,17-18H2,1-3H3,(H,25,29)/t24-/m0/s1. The Labute approximate surface area is 202 Å². The Kier molecular flexibility index (Phi) is 8.86. The van der Waals surface area contributed by atoms with E-state index in [1.807, 2.05) is 30.5 Å². The average Bonchev–Trinajstić information content (AvgIpc) is 2.75. The lowest BCUT2D eigenvalue weighted by Crippen LogP contribution is -2.71. The number of sulfonamides is 1. The van der Waals surface area contributed by atoms with Crippen molar-refractivity contribution in [3.63, 3.8) is 0 Å². The molecule has 1 N–H and O–H groups in total. The van der Waals surface area contributed by atoms with Gasteiger partial charge in [0.25, 0.3) is 0 Å². The zero-order valence-electron chi connectivity index (χ0n) is 20.0. The van der Waals surface area contributed by atoms with Crippen LogP contribution in [0.3, 0.4) is 0 Å². The zero-order valence-corrected chi connectivity index (χ0v) is 21.6. The molecule has 2 aliphatic rings. The maximum absolute atomic E-state index is 13.8. The van der Waals surface area contributed by atoms with Crippen LogP contribution in [0.5, 0.6) is 0 Å². The normalized spacial score (nSPS) is 23.7. The van der Waals surface area contributed by atoms with Gasteiger partial charge in [0.15, 0.2) is 0 Å². The Morgan fingerprint density at radius 3 is 2.48 bits per heavy atom. The van der Waals surface area contributed by atoms with Crippen molar-refractivity contribution in [1.82, 2.24) is 9.62 Å². The molecule has 1 aliphatic heterocycles. The highest BCUT2D eigenvalue weighted by Gasteiger charge is 2.51. The van der Waals surface area contributed by atoms with Gasteiger partial charge in [-0.25, -0.2) is 8.42 Å². The first-order chi connectivity index (χ1) is 15.7. The highest BCUT2D eigenvalue weighted by atomic mass is 32.2. The van der Waals surface area contributed by atoms with Gasteiger partial charge in [-0.2, -0.15) is 4.31 Å². The number of amides is 2. The Hall–Kier alpha value is -1.58. The Bertz CT molecular complexity index is 945. The molecule has 3 rings (SSSR count). The van der Waals surface area contributed by atoms with Crippen LogP contribution in [0, 0.1) is 0 Å². The first-order valence-electron chi connectivity index (χ1n) is 12.0. The number of nitrogens with one attached hydrogen (secondary N) is 1. The summed E-state index contributed by atoms with van der Waals surface area (Å²) in [6.07, 6.45) is 9.93. The quantitative estimate of drug-likeness (QED) is 0.582. The molecule has 0 spiro atoms. The van der Waals surface area contributed by atoms with Crippen molar-refractivity contribution in [3.8, 4) is 0 Å². The van der Waals surface area contributed by atoms with Crippen LogP contribution in [0.1, 0.15) is 65.2 Å². The average molecular weight is 496 g/mol. The highest BCUT2D eigenvalue weighted by molar-refractivity contribution is 7.98. The summed E-state index contributed by atoms with van der Waals surface area (Å²) in [7, 11) is -3.63. The van der Waals surface area contributed by atoms with E-state index in [0.29, 0.717) is 12.1 Å². The summed E-state index contributed by atoms with van der Waals surface area (Å²) in [5.74, 6) is -0.704. The summed E-state index contributed by atoms with van der Waals surface area (Å²) in [6, 6.07) is 7.57. The van der Waals surface area contributed by atoms with E-state index in [1.165, 1.54) is 28.5 Å². The minimum atomic E-state index is -3.63. The van der Waals surface area contributed by atoms with Crippen LogP contribution < -0.4 is 10.2 Å². The van der Waals surface area contributed by atoms with Crippen LogP contribution in [0.2, 0.25) is 0 Å². The fourth-order valence-electron chi connectivity index (χ4n) is 4.84. The number of piperazine rings is 1. The van der Waals surface area contributed by atoms with Gasteiger partial charge in [-0.3, -0.25) is 14.5 Å². The van der Waals surface area contributed by atoms with Crippen LogP contribution in [-0.4, -0.2) is 61.2 Å². The Balaban J connectivity index is 1.96. The third-order valence-electron chi connectivity index (χ3n) is 6.64. The summed E-state index contributed by atoms with van der Waals surface area (Å²) < 4.78 is 27.0. The number of rotatable bonds is 7. The van der Waals surface area contributed by atoms with E-state index < -0.39 is 15.6 Å². The number of carbonyl (C=O) groups is 2. The Morgan fingerprint density at radius 2 is 1.85 bits per heavy atom. The second-order valence-corrected chi connectivity index (χ2v) is 12.3. The summed E-state index contributed by atoms with van der Waals surface area (Å²) >= 11 is 1.56. The summed E-state index contributed by atoms with van der Waals surface area (Å²) in [6.45, 7) is 3.19. The predicted molar refractivity (Wildman–Crippen MR) is 134 cm³/mol. The fraction of sp³-hybridized carbons (Fsp3) is 0.667. The van der Waals surface area contributed by atoms with Crippen molar-refractivity contribution in [3.05, 3.63) is 24.3 Å². The van der Waals surface area contributed by atoms with Crippen molar-refractivity contribution in [2.24, 2.45) is 0 Å². The molecular weight excluding hydrogens is 458 g/mol. The molecule has 0 aromatic heterocycles. The molecule has 7 nitrogen and oxygen atoms in total. The minimum Gasteiger partial charge on any atom is -0.351 e. The van der Waals surface area contributed by atoms with Crippen molar-refractivity contribution in [1.29, 1.82) is 0 Å². The molecule has 184 valence electrons. The number of hydrogen-bond donors (Lipinski definition) is 1. The number of nitrogens with zero attached hydrogens (tertiary/aromatic N) is 2. The molecule has 1 saturated heterocycles. The number of anilines is 1. The number of carbonyl (C=O) groups excluding carboxylic acids is 2.